The largest absolute Gasteiger partial charge is 0.490 e. The molecule has 1 saturated heterocycles. The third-order valence-electron chi connectivity index (χ3n) is 5.33. The van der Waals surface area contributed by atoms with Crippen molar-refractivity contribution in [2.45, 2.75) is 70.5 Å². The molecule has 0 N–H and O–H groups in total. The SMILES string of the molecule is CCOC1CCN(C(=O)CCc2cccc(OC3CCCC3)c2)CC1. The van der Waals surface area contributed by atoms with Crippen LogP contribution in [0, 0.1) is 0 Å². The molecule has 1 saturated carbocycles. The quantitative estimate of drug-likeness (QED) is 0.750. The van der Waals surface area contributed by atoms with Crippen LogP contribution in [-0.2, 0) is 16.0 Å². The van der Waals surface area contributed by atoms with Gasteiger partial charge in [0.15, 0.2) is 0 Å². The molecule has 2 fully saturated rings. The Kier molecular flexibility index (Phi) is 6.74. The van der Waals surface area contributed by atoms with Crippen molar-refractivity contribution in [3.05, 3.63) is 29.8 Å². The van der Waals surface area contributed by atoms with Crippen LogP contribution in [0.2, 0.25) is 0 Å². The normalized spacial score (nSPS) is 19.3. The lowest BCUT2D eigenvalue weighted by Gasteiger charge is -2.31. The molecule has 0 aromatic heterocycles. The molecule has 1 aliphatic carbocycles. The number of hydrogen-bond donors (Lipinski definition) is 0. The Bertz CT molecular complexity index is 546. The van der Waals surface area contributed by atoms with Crippen LogP contribution < -0.4 is 4.74 Å². The van der Waals surface area contributed by atoms with Crippen molar-refractivity contribution in [1.29, 1.82) is 0 Å². The molecule has 1 aromatic carbocycles. The molecule has 1 aliphatic heterocycles. The first-order valence-electron chi connectivity index (χ1n) is 9.89. The second-order valence-electron chi connectivity index (χ2n) is 7.21. The van der Waals surface area contributed by atoms with Gasteiger partial charge in [-0.25, -0.2) is 0 Å². The van der Waals surface area contributed by atoms with Crippen molar-refractivity contribution in [2.24, 2.45) is 0 Å². The van der Waals surface area contributed by atoms with Gasteiger partial charge in [0.1, 0.15) is 5.75 Å². The van der Waals surface area contributed by atoms with Gasteiger partial charge in [-0.15, -0.1) is 0 Å². The van der Waals surface area contributed by atoms with Crippen LogP contribution in [0.3, 0.4) is 0 Å². The van der Waals surface area contributed by atoms with Gasteiger partial charge in [-0.2, -0.15) is 0 Å². The highest BCUT2D eigenvalue weighted by molar-refractivity contribution is 5.76. The lowest BCUT2D eigenvalue weighted by atomic mass is 10.1. The maximum Gasteiger partial charge on any atom is 0.222 e. The number of rotatable bonds is 7. The summed E-state index contributed by atoms with van der Waals surface area (Å²) in [5.74, 6) is 1.21. The number of likely N-dealkylation sites (tertiary alicyclic amines) is 1. The molecule has 0 atom stereocenters. The van der Waals surface area contributed by atoms with Crippen LogP contribution in [0.1, 0.15) is 57.4 Å². The van der Waals surface area contributed by atoms with E-state index in [0.29, 0.717) is 18.6 Å². The molecule has 0 spiro atoms. The Hall–Kier alpha value is -1.55. The zero-order valence-electron chi connectivity index (χ0n) is 15.4. The molecule has 4 heteroatoms. The van der Waals surface area contributed by atoms with Gasteiger partial charge in [0.25, 0.3) is 0 Å². The first-order chi connectivity index (χ1) is 12.2. The highest BCUT2D eigenvalue weighted by atomic mass is 16.5. The average molecular weight is 345 g/mol. The molecular formula is C21H31NO3. The number of piperidine rings is 1. The van der Waals surface area contributed by atoms with Crippen LogP contribution in [-0.4, -0.2) is 42.7 Å². The van der Waals surface area contributed by atoms with Crippen molar-refractivity contribution in [2.75, 3.05) is 19.7 Å². The summed E-state index contributed by atoms with van der Waals surface area (Å²) in [5, 5.41) is 0. The minimum Gasteiger partial charge on any atom is -0.490 e. The number of benzene rings is 1. The molecule has 0 bridgehead atoms. The zero-order chi connectivity index (χ0) is 17.5. The summed E-state index contributed by atoms with van der Waals surface area (Å²) in [6.07, 6.45) is 8.88. The maximum absolute atomic E-state index is 12.5. The van der Waals surface area contributed by atoms with E-state index < -0.39 is 0 Å². The van der Waals surface area contributed by atoms with Crippen molar-refractivity contribution < 1.29 is 14.3 Å². The molecule has 1 heterocycles. The van der Waals surface area contributed by atoms with Crippen molar-refractivity contribution in [1.82, 2.24) is 4.90 Å². The Morgan fingerprint density at radius 3 is 2.60 bits per heavy atom. The second kappa shape index (κ2) is 9.23. The van der Waals surface area contributed by atoms with Crippen molar-refractivity contribution >= 4 is 5.91 Å². The summed E-state index contributed by atoms with van der Waals surface area (Å²) in [4.78, 5) is 14.4. The molecule has 2 aliphatic rings. The van der Waals surface area contributed by atoms with E-state index in [1.807, 2.05) is 24.0 Å². The van der Waals surface area contributed by atoms with Gasteiger partial charge >= 0.3 is 0 Å². The Morgan fingerprint density at radius 1 is 1.12 bits per heavy atom. The topological polar surface area (TPSA) is 38.8 Å². The summed E-state index contributed by atoms with van der Waals surface area (Å²) in [7, 11) is 0. The standard InChI is InChI=1S/C21H31NO3/c1-2-24-18-12-14-22(15-13-18)21(23)11-10-17-6-5-9-20(16-17)25-19-7-3-4-8-19/h5-6,9,16,18-19H,2-4,7-8,10-15H2,1H3. The monoisotopic (exact) mass is 345 g/mol. The molecule has 4 nitrogen and oxygen atoms in total. The van der Waals surface area contributed by atoms with E-state index in [1.165, 1.54) is 31.2 Å². The Morgan fingerprint density at radius 2 is 1.88 bits per heavy atom. The van der Waals surface area contributed by atoms with E-state index in [4.69, 9.17) is 9.47 Å². The van der Waals surface area contributed by atoms with E-state index in [2.05, 4.69) is 12.1 Å². The minimum absolute atomic E-state index is 0.261. The van der Waals surface area contributed by atoms with Crippen LogP contribution in [0.15, 0.2) is 24.3 Å². The fraction of sp³-hybridized carbons (Fsp3) is 0.667. The fourth-order valence-corrected chi connectivity index (χ4v) is 3.89. The fourth-order valence-electron chi connectivity index (χ4n) is 3.89. The first kappa shape index (κ1) is 18.2. The predicted octanol–water partition coefficient (Wildman–Crippen LogP) is 3.97. The lowest BCUT2D eigenvalue weighted by molar-refractivity contribution is -0.133. The first-order valence-corrected chi connectivity index (χ1v) is 9.89. The number of amides is 1. The average Bonchev–Trinajstić information content (AvgIpc) is 3.14. The van der Waals surface area contributed by atoms with E-state index in [-0.39, 0.29) is 5.91 Å². The molecule has 1 amide bonds. The third-order valence-corrected chi connectivity index (χ3v) is 5.33. The maximum atomic E-state index is 12.5. The lowest BCUT2D eigenvalue weighted by Crippen LogP contribution is -2.41. The highest BCUT2D eigenvalue weighted by Gasteiger charge is 2.22. The number of ether oxygens (including phenoxy) is 2. The van der Waals surface area contributed by atoms with E-state index in [1.54, 1.807) is 0 Å². The molecular weight excluding hydrogens is 314 g/mol. The Labute approximate surface area is 151 Å². The third kappa shape index (κ3) is 5.46. The number of carbonyl (C=O) groups is 1. The summed E-state index contributed by atoms with van der Waals surface area (Å²) < 4.78 is 11.7. The summed E-state index contributed by atoms with van der Waals surface area (Å²) in [6, 6.07) is 8.27. The summed E-state index contributed by atoms with van der Waals surface area (Å²) >= 11 is 0. The zero-order valence-corrected chi connectivity index (χ0v) is 15.4. The smallest absolute Gasteiger partial charge is 0.222 e. The van der Waals surface area contributed by atoms with Crippen LogP contribution in [0.4, 0.5) is 0 Å². The van der Waals surface area contributed by atoms with E-state index in [9.17, 15) is 4.79 Å². The number of nitrogens with zero attached hydrogens (tertiary/aromatic N) is 1. The number of carbonyl (C=O) groups excluding carboxylic acids is 1. The molecule has 25 heavy (non-hydrogen) atoms. The van der Waals surface area contributed by atoms with E-state index in [0.717, 1.165) is 44.7 Å². The van der Waals surface area contributed by atoms with Gasteiger partial charge in [0.05, 0.1) is 12.2 Å². The van der Waals surface area contributed by atoms with Gasteiger partial charge in [0.2, 0.25) is 5.91 Å². The molecule has 1 aromatic rings. The number of hydrogen-bond acceptors (Lipinski definition) is 3. The Balaban J connectivity index is 1.44. The molecule has 0 radical (unpaired) electrons. The minimum atomic E-state index is 0.261. The summed E-state index contributed by atoms with van der Waals surface area (Å²) in [6.45, 7) is 4.45. The van der Waals surface area contributed by atoms with Crippen LogP contribution in [0.5, 0.6) is 5.75 Å². The summed E-state index contributed by atoms with van der Waals surface area (Å²) in [5.41, 5.74) is 1.19. The number of aryl methyl sites for hydroxylation is 1. The second-order valence-corrected chi connectivity index (χ2v) is 7.21. The van der Waals surface area contributed by atoms with Gasteiger partial charge in [-0.3, -0.25) is 4.79 Å². The van der Waals surface area contributed by atoms with Gasteiger partial charge in [-0.05, 0) is 69.6 Å². The highest BCUT2D eigenvalue weighted by Crippen LogP contribution is 2.25. The molecule has 0 unspecified atom stereocenters. The van der Waals surface area contributed by atoms with Crippen molar-refractivity contribution in [3.63, 3.8) is 0 Å². The van der Waals surface area contributed by atoms with Gasteiger partial charge in [-0.1, -0.05) is 12.1 Å². The molecule has 138 valence electrons. The van der Waals surface area contributed by atoms with Gasteiger partial charge < -0.3 is 14.4 Å². The van der Waals surface area contributed by atoms with E-state index >= 15 is 0 Å². The van der Waals surface area contributed by atoms with Crippen LogP contribution >= 0.6 is 0 Å². The van der Waals surface area contributed by atoms with Gasteiger partial charge in [0, 0.05) is 26.1 Å². The predicted molar refractivity (Wildman–Crippen MR) is 98.9 cm³/mol. The van der Waals surface area contributed by atoms with Crippen molar-refractivity contribution in [3.8, 4) is 5.75 Å². The molecule has 3 rings (SSSR count). The van der Waals surface area contributed by atoms with Crippen LogP contribution in [0.25, 0.3) is 0 Å².